The molecule has 0 spiro atoms. The molecule has 1 aromatic carbocycles. The van der Waals surface area contributed by atoms with E-state index in [-0.39, 0.29) is 5.91 Å². The first kappa shape index (κ1) is 13.8. The summed E-state index contributed by atoms with van der Waals surface area (Å²) in [6.07, 6.45) is 0. The summed E-state index contributed by atoms with van der Waals surface area (Å²) in [6.45, 7) is 0.621. The van der Waals surface area contributed by atoms with E-state index in [9.17, 15) is 4.79 Å². The second kappa shape index (κ2) is 5.99. The summed E-state index contributed by atoms with van der Waals surface area (Å²) in [7, 11) is 1.81. The number of carbonyl (C=O) groups is 1. The highest BCUT2D eigenvalue weighted by Gasteiger charge is 2.15. The SMILES string of the molecule is CN(Cc1cc(Br)cs1)C(=O)c1ccccc1Br. The van der Waals surface area contributed by atoms with Crippen LogP contribution in [0.25, 0.3) is 0 Å². The zero-order valence-electron chi connectivity index (χ0n) is 9.69. The molecule has 2 aromatic rings. The molecule has 0 radical (unpaired) electrons. The van der Waals surface area contributed by atoms with Crippen LogP contribution in [0.2, 0.25) is 0 Å². The summed E-state index contributed by atoms with van der Waals surface area (Å²) in [5, 5.41) is 2.02. The summed E-state index contributed by atoms with van der Waals surface area (Å²) in [6, 6.07) is 9.51. The van der Waals surface area contributed by atoms with Crippen LogP contribution < -0.4 is 0 Å². The van der Waals surface area contributed by atoms with Gasteiger partial charge in [0.2, 0.25) is 0 Å². The van der Waals surface area contributed by atoms with Crippen LogP contribution in [0.3, 0.4) is 0 Å². The Labute approximate surface area is 127 Å². The van der Waals surface area contributed by atoms with Crippen LogP contribution in [0.5, 0.6) is 0 Å². The normalized spacial score (nSPS) is 10.4. The van der Waals surface area contributed by atoms with Crippen LogP contribution in [-0.4, -0.2) is 17.9 Å². The van der Waals surface area contributed by atoms with Gasteiger partial charge in [0.1, 0.15) is 0 Å². The molecule has 0 unspecified atom stereocenters. The first-order chi connectivity index (χ1) is 8.58. The van der Waals surface area contributed by atoms with Crippen LogP contribution in [0.15, 0.2) is 44.7 Å². The predicted octanol–water partition coefficient (Wildman–Crippen LogP) is 4.55. The quantitative estimate of drug-likeness (QED) is 0.755. The lowest BCUT2D eigenvalue weighted by atomic mass is 10.2. The highest BCUT2D eigenvalue weighted by atomic mass is 79.9. The molecular weight excluding hydrogens is 378 g/mol. The van der Waals surface area contributed by atoms with Gasteiger partial charge < -0.3 is 4.90 Å². The Morgan fingerprint density at radius 1 is 1.33 bits per heavy atom. The molecule has 0 atom stereocenters. The molecule has 18 heavy (non-hydrogen) atoms. The maximum atomic E-state index is 12.3. The number of amides is 1. The van der Waals surface area contributed by atoms with Gasteiger partial charge in [0.25, 0.3) is 5.91 Å². The third-order valence-electron chi connectivity index (χ3n) is 2.47. The zero-order chi connectivity index (χ0) is 13.1. The summed E-state index contributed by atoms with van der Waals surface area (Å²) < 4.78 is 1.89. The minimum absolute atomic E-state index is 0.0204. The third-order valence-corrected chi connectivity index (χ3v) is 4.84. The molecule has 1 amide bonds. The number of nitrogens with zero attached hydrogens (tertiary/aromatic N) is 1. The van der Waals surface area contributed by atoms with Crippen molar-refractivity contribution in [3.8, 4) is 0 Å². The standard InChI is InChI=1S/C13H11Br2NOS/c1-16(7-10-6-9(14)8-18-10)13(17)11-4-2-3-5-12(11)15/h2-6,8H,7H2,1H3. The van der Waals surface area contributed by atoms with Crippen molar-refractivity contribution in [2.24, 2.45) is 0 Å². The van der Waals surface area contributed by atoms with Crippen molar-refractivity contribution in [2.45, 2.75) is 6.54 Å². The minimum atomic E-state index is 0.0204. The van der Waals surface area contributed by atoms with E-state index in [0.717, 1.165) is 13.8 Å². The Morgan fingerprint density at radius 2 is 2.06 bits per heavy atom. The van der Waals surface area contributed by atoms with Gasteiger partial charge in [0.15, 0.2) is 0 Å². The molecular formula is C13H11Br2NOS. The largest absolute Gasteiger partial charge is 0.337 e. The molecule has 94 valence electrons. The smallest absolute Gasteiger partial charge is 0.255 e. The molecule has 0 bridgehead atoms. The van der Waals surface area contributed by atoms with E-state index in [1.807, 2.05) is 42.8 Å². The van der Waals surface area contributed by atoms with Gasteiger partial charge in [-0.05, 0) is 50.1 Å². The zero-order valence-corrected chi connectivity index (χ0v) is 13.7. The Balaban J connectivity index is 2.12. The fourth-order valence-electron chi connectivity index (χ4n) is 1.58. The maximum Gasteiger partial charge on any atom is 0.255 e. The van der Waals surface area contributed by atoms with Crippen LogP contribution in [0.1, 0.15) is 15.2 Å². The topological polar surface area (TPSA) is 20.3 Å². The Bertz CT molecular complexity index is 568. The molecule has 0 aliphatic heterocycles. The van der Waals surface area contributed by atoms with E-state index < -0.39 is 0 Å². The van der Waals surface area contributed by atoms with Crippen LogP contribution in [-0.2, 0) is 6.54 Å². The lowest BCUT2D eigenvalue weighted by molar-refractivity contribution is 0.0785. The van der Waals surface area contributed by atoms with Crippen molar-refractivity contribution in [2.75, 3.05) is 7.05 Å². The van der Waals surface area contributed by atoms with Gasteiger partial charge in [-0.1, -0.05) is 12.1 Å². The van der Waals surface area contributed by atoms with Crippen LogP contribution in [0, 0.1) is 0 Å². The fourth-order valence-corrected chi connectivity index (χ4v) is 3.54. The highest BCUT2D eigenvalue weighted by Crippen LogP contribution is 2.22. The summed E-state index contributed by atoms with van der Waals surface area (Å²) in [5.74, 6) is 0.0204. The van der Waals surface area contributed by atoms with Crippen molar-refractivity contribution < 1.29 is 4.79 Å². The number of halogens is 2. The van der Waals surface area contributed by atoms with Crippen LogP contribution >= 0.6 is 43.2 Å². The second-order valence-corrected chi connectivity index (χ2v) is 6.64. The third kappa shape index (κ3) is 3.22. The van der Waals surface area contributed by atoms with E-state index in [0.29, 0.717) is 12.1 Å². The number of carbonyl (C=O) groups excluding carboxylic acids is 1. The monoisotopic (exact) mass is 387 g/mol. The Kier molecular flexibility index (Phi) is 4.59. The highest BCUT2D eigenvalue weighted by molar-refractivity contribution is 9.10. The predicted molar refractivity (Wildman–Crippen MR) is 82.0 cm³/mol. The molecule has 0 saturated heterocycles. The van der Waals surface area contributed by atoms with Crippen molar-refractivity contribution in [3.05, 3.63) is 55.1 Å². The van der Waals surface area contributed by atoms with Gasteiger partial charge in [-0.25, -0.2) is 0 Å². The maximum absolute atomic E-state index is 12.3. The lowest BCUT2D eigenvalue weighted by Crippen LogP contribution is -2.26. The minimum Gasteiger partial charge on any atom is -0.337 e. The average molecular weight is 389 g/mol. The van der Waals surface area contributed by atoms with E-state index in [4.69, 9.17) is 0 Å². The van der Waals surface area contributed by atoms with E-state index in [1.165, 1.54) is 0 Å². The van der Waals surface area contributed by atoms with E-state index in [2.05, 4.69) is 31.9 Å². The molecule has 2 nitrogen and oxygen atoms in total. The first-order valence-corrected chi connectivity index (χ1v) is 7.77. The van der Waals surface area contributed by atoms with Crippen molar-refractivity contribution >= 4 is 49.1 Å². The summed E-state index contributed by atoms with van der Waals surface area (Å²) in [4.78, 5) is 15.1. The number of hydrogen-bond donors (Lipinski definition) is 0. The number of hydrogen-bond acceptors (Lipinski definition) is 2. The molecule has 5 heteroatoms. The Morgan fingerprint density at radius 3 is 2.67 bits per heavy atom. The van der Waals surface area contributed by atoms with Crippen molar-refractivity contribution in [1.29, 1.82) is 0 Å². The molecule has 0 aliphatic rings. The first-order valence-electron chi connectivity index (χ1n) is 5.31. The van der Waals surface area contributed by atoms with Gasteiger partial charge in [0.05, 0.1) is 12.1 Å². The summed E-state index contributed by atoms with van der Waals surface area (Å²) >= 11 is 8.46. The molecule has 0 aliphatic carbocycles. The van der Waals surface area contributed by atoms with Gasteiger partial charge in [-0.2, -0.15) is 0 Å². The average Bonchev–Trinajstić information content (AvgIpc) is 2.74. The Hall–Kier alpha value is -0.650. The van der Waals surface area contributed by atoms with Crippen molar-refractivity contribution in [1.82, 2.24) is 4.90 Å². The molecule has 0 N–H and O–H groups in total. The molecule has 1 heterocycles. The number of benzene rings is 1. The van der Waals surface area contributed by atoms with E-state index >= 15 is 0 Å². The second-order valence-electron chi connectivity index (χ2n) is 3.87. The molecule has 1 aromatic heterocycles. The van der Waals surface area contributed by atoms with Gasteiger partial charge in [-0.15, -0.1) is 11.3 Å². The molecule has 0 saturated carbocycles. The molecule has 2 rings (SSSR count). The van der Waals surface area contributed by atoms with Gasteiger partial charge in [-0.3, -0.25) is 4.79 Å². The number of rotatable bonds is 3. The fraction of sp³-hybridized carbons (Fsp3) is 0.154. The van der Waals surface area contributed by atoms with Crippen LogP contribution in [0.4, 0.5) is 0 Å². The van der Waals surface area contributed by atoms with Crippen molar-refractivity contribution in [3.63, 3.8) is 0 Å². The van der Waals surface area contributed by atoms with Gasteiger partial charge >= 0.3 is 0 Å². The lowest BCUT2D eigenvalue weighted by Gasteiger charge is -2.17. The summed E-state index contributed by atoms with van der Waals surface area (Å²) in [5.41, 5.74) is 0.690. The molecule has 0 fully saturated rings. The van der Waals surface area contributed by atoms with Gasteiger partial charge in [0, 0.05) is 26.3 Å². The van der Waals surface area contributed by atoms with E-state index in [1.54, 1.807) is 16.2 Å². The number of thiophene rings is 1.